The van der Waals surface area contributed by atoms with E-state index in [0.717, 1.165) is 25.4 Å². The molecule has 0 aromatic carbocycles. The molecule has 1 fully saturated rings. The Morgan fingerprint density at radius 3 is 2.53 bits per heavy atom. The third kappa shape index (κ3) is 5.69. The quantitative estimate of drug-likeness (QED) is 0.690. The maximum absolute atomic E-state index is 9.06. The highest BCUT2D eigenvalue weighted by molar-refractivity contribution is 4.96. The summed E-state index contributed by atoms with van der Waals surface area (Å²) in [6.07, 6.45) is 12.9. The highest BCUT2D eigenvalue weighted by Crippen LogP contribution is 2.24. The second-order valence-corrected chi connectivity index (χ2v) is 5.28. The summed E-state index contributed by atoms with van der Waals surface area (Å²) in [5, 5.41) is 9.06. The van der Waals surface area contributed by atoms with Crippen molar-refractivity contribution in [3.63, 3.8) is 0 Å². The first-order valence-electron chi connectivity index (χ1n) is 7.31. The zero-order valence-electron chi connectivity index (χ0n) is 11.6. The van der Waals surface area contributed by atoms with E-state index >= 15 is 0 Å². The molecule has 0 heterocycles. The molecule has 1 unspecified atom stereocenters. The van der Waals surface area contributed by atoms with Crippen molar-refractivity contribution in [2.24, 2.45) is 5.92 Å². The molecule has 0 radical (unpaired) electrons. The van der Waals surface area contributed by atoms with Gasteiger partial charge in [0, 0.05) is 12.6 Å². The summed E-state index contributed by atoms with van der Waals surface area (Å²) in [6.45, 7) is 6.58. The topological polar surface area (TPSA) is 23.5 Å². The normalized spacial score (nSPS) is 20.2. The summed E-state index contributed by atoms with van der Waals surface area (Å²) in [5.41, 5.74) is 0. The number of hydrogen-bond donors (Lipinski definition) is 1. The van der Waals surface area contributed by atoms with Crippen LogP contribution in [0.2, 0.25) is 0 Å². The van der Waals surface area contributed by atoms with E-state index in [2.05, 4.69) is 30.9 Å². The van der Waals surface area contributed by atoms with Crippen LogP contribution in [0.5, 0.6) is 0 Å². The fourth-order valence-corrected chi connectivity index (χ4v) is 2.70. The SMILES string of the molecule is CCCN(CCO)C(C)/C=C/C1CCCCC1. The number of hydrogen-bond acceptors (Lipinski definition) is 2. The minimum Gasteiger partial charge on any atom is -0.395 e. The molecule has 0 aliphatic heterocycles. The Labute approximate surface area is 107 Å². The fourth-order valence-electron chi connectivity index (χ4n) is 2.70. The molecule has 17 heavy (non-hydrogen) atoms. The van der Waals surface area contributed by atoms with Crippen LogP contribution in [0.15, 0.2) is 12.2 Å². The van der Waals surface area contributed by atoms with Gasteiger partial charge >= 0.3 is 0 Å². The van der Waals surface area contributed by atoms with Crippen LogP contribution in [0, 0.1) is 5.92 Å². The zero-order valence-corrected chi connectivity index (χ0v) is 11.6. The highest BCUT2D eigenvalue weighted by atomic mass is 16.3. The van der Waals surface area contributed by atoms with Crippen LogP contribution in [0.3, 0.4) is 0 Å². The van der Waals surface area contributed by atoms with E-state index in [9.17, 15) is 0 Å². The summed E-state index contributed by atoms with van der Waals surface area (Å²) < 4.78 is 0. The van der Waals surface area contributed by atoms with E-state index in [0.29, 0.717) is 6.04 Å². The molecule has 1 rings (SSSR count). The third-order valence-electron chi connectivity index (χ3n) is 3.79. The molecule has 1 N–H and O–H groups in total. The molecule has 1 saturated carbocycles. The molecule has 0 spiro atoms. The first-order valence-corrected chi connectivity index (χ1v) is 7.31. The molecule has 0 amide bonds. The number of nitrogens with zero attached hydrogens (tertiary/aromatic N) is 1. The summed E-state index contributed by atoms with van der Waals surface area (Å²) in [4.78, 5) is 2.36. The lowest BCUT2D eigenvalue weighted by Crippen LogP contribution is -2.35. The third-order valence-corrected chi connectivity index (χ3v) is 3.79. The number of rotatable bonds is 7. The standard InChI is InChI=1S/C15H29NO/c1-3-11-16(12-13-17)14(2)9-10-15-7-5-4-6-8-15/h9-10,14-15,17H,3-8,11-13H2,1-2H3/b10-9+. The molecule has 2 heteroatoms. The molecule has 1 aliphatic rings. The molecule has 0 aromatic rings. The predicted octanol–water partition coefficient (Wildman–Crippen LogP) is 3.22. The lowest BCUT2D eigenvalue weighted by Gasteiger charge is -2.26. The van der Waals surface area contributed by atoms with E-state index in [1.54, 1.807) is 0 Å². The Balaban J connectivity index is 2.37. The maximum Gasteiger partial charge on any atom is 0.0558 e. The van der Waals surface area contributed by atoms with Crippen molar-refractivity contribution < 1.29 is 5.11 Å². The van der Waals surface area contributed by atoms with Crippen molar-refractivity contribution >= 4 is 0 Å². The Kier molecular flexibility index (Phi) is 7.54. The minimum atomic E-state index is 0.265. The van der Waals surface area contributed by atoms with Crippen LogP contribution < -0.4 is 0 Å². The maximum atomic E-state index is 9.06. The number of aliphatic hydroxyl groups is 1. The Morgan fingerprint density at radius 1 is 1.24 bits per heavy atom. The summed E-state index contributed by atoms with van der Waals surface area (Å²) >= 11 is 0. The van der Waals surface area contributed by atoms with Gasteiger partial charge in [-0.05, 0) is 38.6 Å². The highest BCUT2D eigenvalue weighted by Gasteiger charge is 2.12. The van der Waals surface area contributed by atoms with Gasteiger partial charge < -0.3 is 5.11 Å². The largest absolute Gasteiger partial charge is 0.395 e. The van der Waals surface area contributed by atoms with Gasteiger partial charge in [0.05, 0.1) is 6.61 Å². The second kappa shape index (κ2) is 8.71. The van der Waals surface area contributed by atoms with Gasteiger partial charge in [-0.25, -0.2) is 0 Å². The van der Waals surface area contributed by atoms with E-state index < -0.39 is 0 Å². The predicted molar refractivity (Wildman–Crippen MR) is 74.1 cm³/mol. The second-order valence-electron chi connectivity index (χ2n) is 5.28. The van der Waals surface area contributed by atoms with Crippen LogP contribution in [0.1, 0.15) is 52.4 Å². The number of allylic oxidation sites excluding steroid dienone is 1. The first-order chi connectivity index (χ1) is 8.27. The Morgan fingerprint density at radius 2 is 1.94 bits per heavy atom. The zero-order chi connectivity index (χ0) is 12.5. The average Bonchev–Trinajstić information content (AvgIpc) is 2.37. The van der Waals surface area contributed by atoms with Crippen LogP contribution in [-0.2, 0) is 0 Å². The molecule has 0 saturated heterocycles. The van der Waals surface area contributed by atoms with Gasteiger partial charge in [-0.1, -0.05) is 38.3 Å². The smallest absolute Gasteiger partial charge is 0.0558 e. The van der Waals surface area contributed by atoms with Crippen LogP contribution in [0.25, 0.3) is 0 Å². The molecule has 0 aromatic heterocycles. The minimum absolute atomic E-state index is 0.265. The van der Waals surface area contributed by atoms with E-state index in [1.807, 2.05) is 0 Å². The molecule has 0 bridgehead atoms. The molecule has 100 valence electrons. The molecular formula is C15H29NO. The van der Waals surface area contributed by atoms with Gasteiger partial charge in [0.25, 0.3) is 0 Å². The van der Waals surface area contributed by atoms with Gasteiger partial charge in [-0.15, -0.1) is 0 Å². The van der Waals surface area contributed by atoms with E-state index in [-0.39, 0.29) is 6.61 Å². The van der Waals surface area contributed by atoms with Gasteiger partial charge in [0.1, 0.15) is 0 Å². The van der Waals surface area contributed by atoms with Crippen molar-refractivity contribution in [1.82, 2.24) is 4.90 Å². The van der Waals surface area contributed by atoms with Crippen molar-refractivity contribution in [3.05, 3.63) is 12.2 Å². The van der Waals surface area contributed by atoms with Crippen LogP contribution in [-0.4, -0.2) is 35.7 Å². The van der Waals surface area contributed by atoms with Gasteiger partial charge in [0.2, 0.25) is 0 Å². The fraction of sp³-hybridized carbons (Fsp3) is 0.867. The summed E-state index contributed by atoms with van der Waals surface area (Å²) in [5.74, 6) is 0.809. The molecular weight excluding hydrogens is 210 g/mol. The van der Waals surface area contributed by atoms with Crippen LogP contribution >= 0.6 is 0 Å². The summed E-state index contributed by atoms with van der Waals surface area (Å²) in [6, 6.07) is 0.462. The van der Waals surface area contributed by atoms with Gasteiger partial charge in [0.15, 0.2) is 0 Å². The first kappa shape index (κ1) is 14.7. The Hall–Kier alpha value is -0.340. The van der Waals surface area contributed by atoms with Crippen molar-refractivity contribution in [2.45, 2.75) is 58.4 Å². The lowest BCUT2D eigenvalue weighted by atomic mass is 9.89. The van der Waals surface area contributed by atoms with Crippen molar-refractivity contribution in [3.8, 4) is 0 Å². The Bertz CT molecular complexity index is 203. The average molecular weight is 239 g/mol. The summed E-state index contributed by atoms with van der Waals surface area (Å²) in [7, 11) is 0. The molecule has 2 nitrogen and oxygen atoms in total. The van der Waals surface area contributed by atoms with Crippen LogP contribution in [0.4, 0.5) is 0 Å². The van der Waals surface area contributed by atoms with Crippen molar-refractivity contribution in [2.75, 3.05) is 19.7 Å². The van der Waals surface area contributed by atoms with Gasteiger partial charge in [-0.2, -0.15) is 0 Å². The van der Waals surface area contributed by atoms with E-state index in [4.69, 9.17) is 5.11 Å². The monoisotopic (exact) mass is 239 g/mol. The van der Waals surface area contributed by atoms with Crippen molar-refractivity contribution in [1.29, 1.82) is 0 Å². The molecule has 1 atom stereocenters. The van der Waals surface area contributed by atoms with Gasteiger partial charge in [-0.3, -0.25) is 4.90 Å². The molecule has 1 aliphatic carbocycles. The number of aliphatic hydroxyl groups excluding tert-OH is 1. The van der Waals surface area contributed by atoms with E-state index in [1.165, 1.54) is 32.1 Å². The lowest BCUT2D eigenvalue weighted by molar-refractivity contribution is 0.177.